The second-order valence-corrected chi connectivity index (χ2v) is 7.65. The van der Waals surface area contributed by atoms with E-state index in [9.17, 15) is 14.4 Å². The van der Waals surface area contributed by atoms with E-state index in [0.717, 1.165) is 19.3 Å². The van der Waals surface area contributed by atoms with Crippen molar-refractivity contribution in [2.24, 2.45) is 10.8 Å². The van der Waals surface area contributed by atoms with Gasteiger partial charge in [-0.1, -0.05) is 20.8 Å². The van der Waals surface area contributed by atoms with E-state index in [1.807, 2.05) is 4.90 Å². The van der Waals surface area contributed by atoms with Gasteiger partial charge in [0.05, 0.1) is 0 Å². The second-order valence-electron chi connectivity index (χ2n) is 7.65. The van der Waals surface area contributed by atoms with E-state index in [4.69, 9.17) is 0 Å². The molecular formula is C15H21N3O3. The average Bonchev–Trinajstić information content (AvgIpc) is 2.56. The summed E-state index contributed by atoms with van der Waals surface area (Å²) in [6, 6.07) is 1.36. The van der Waals surface area contributed by atoms with Crippen molar-refractivity contribution in [3.05, 3.63) is 32.6 Å². The molecule has 114 valence electrons. The highest BCUT2D eigenvalue weighted by atomic mass is 16.2. The zero-order chi connectivity index (χ0) is 15.4. The monoisotopic (exact) mass is 291 g/mol. The van der Waals surface area contributed by atoms with Crippen LogP contribution in [0.25, 0.3) is 0 Å². The Kier molecular flexibility index (Phi) is 2.90. The summed E-state index contributed by atoms with van der Waals surface area (Å²) < 4.78 is 0. The standard InChI is InChI=1S/C15H21N3O3/c1-14(2)5-9-6-15(3,7-14)8-18(9)12(20)10-4-11(19)17-13(21)16-10/h4,9H,5-8H2,1-3H3,(H2,16,17,19,21)/t9-,15-/m1/s1. The number of aromatic nitrogens is 2. The number of nitrogens with zero attached hydrogens (tertiary/aromatic N) is 1. The van der Waals surface area contributed by atoms with Crippen molar-refractivity contribution in [3.63, 3.8) is 0 Å². The molecule has 3 rings (SSSR count). The number of rotatable bonds is 1. The molecular weight excluding hydrogens is 270 g/mol. The van der Waals surface area contributed by atoms with Crippen LogP contribution in [0.15, 0.2) is 15.7 Å². The van der Waals surface area contributed by atoms with Gasteiger partial charge in [-0.05, 0) is 30.1 Å². The van der Waals surface area contributed by atoms with Gasteiger partial charge in [0.1, 0.15) is 5.69 Å². The lowest BCUT2D eigenvalue weighted by Gasteiger charge is -2.39. The first-order valence-electron chi connectivity index (χ1n) is 7.32. The SMILES string of the molecule is CC1(C)C[C@@H]2C[C@@](C)(CN2C(=O)c2cc(=O)[nH]c(=O)[nH]2)C1. The summed E-state index contributed by atoms with van der Waals surface area (Å²) in [6.07, 6.45) is 3.05. The van der Waals surface area contributed by atoms with Crippen LogP contribution in [-0.2, 0) is 0 Å². The van der Waals surface area contributed by atoms with Crippen LogP contribution < -0.4 is 11.2 Å². The molecule has 2 atom stereocenters. The Bertz CT molecular complexity index is 674. The topological polar surface area (TPSA) is 86.0 Å². The normalized spacial score (nSPS) is 30.4. The fraction of sp³-hybridized carbons (Fsp3) is 0.667. The average molecular weight is 291 g/mol. The highest BCUT2D eigenvalue weighted by Crippen LogP contribution is 2.52. The number of carbonyl (C=O) groups is 1. The minimum atomic E-state index is -0.639. The Morgan fingerprint density at radius 2 is 1.95 bits per heavy atom. The number of likely N-dealkylation sites (tertiary alicyclic amines) is 1. The molecule has 2 heterocycles. The second kappa shape index (κ2) is 4.32. The van der Waals surface area contributed by atoms with Crippen LogP contribution in [0.4, 0.5) is 0 Å². The Balaban J connectivity index is 1.93. The third-order valence-corrected chi connectivity index (χ3v) is 4.67. The van der Waals surface area contributed by atoms with Gasteiger partial charge in [-0.3, -0.25) is 14.6 Å². The van der Waals surface area contributed by atoms with Crippen molar-refractivity contribution in [1.29, 1.82) is 0 Å². The van der Waals surface area contributed by atoms with Gasteiger partial charge in [-0.25, -0.2) is 4.79 Å². The first-order valence-corrected chi connectivity index (χ1v) is 7.32. The quantitative estimate of drug-likeness (QED) is 0.812. The number of aromatic amines is 2. The highest BCUT2D eigenvalue weighted by molar-refractivity contribution is 5.92. The molecule has 2 fully saturated rings. The lowest BCUT2D eigenvalue weighted by atomic mass is 9.65. The molecule has 1 saturated heterocycles. The maximum Gasteiger partial charge on any atom is 0.326 e. The van der Waals surface area contributed by atoms with Crippen molar-refractivity contribution in [2.75, 3.05) is 6.54 Å². The van der Waals surface area contributed by atoms with E-state index in [1.54, 1.807) is 0 Å². The van der Waals surface area contributed by atoms with Gasteiger partial charge in [-0.15, -0.1) is 0 Å². The largest absolute Gasteiger partial charge is 0.334 e. The summed E-state index contributed by atoms with van der Waals surface area (Å²) in [6.45, 7) is 7.38. The van der Waals surface area contributed by atoms with Crippen molar-refractivity contribution >= 4 is 5.91 Å². The van der Waals surface area contributed by atoms with Crippen LogP contribution in [0.2, 0.25) is 0 Å². The van der Waals surface area contributed by atoms with Gasteiger partial charge in [-0.2, -0.15) is 0 Å². The number of carbonyl (C=O) groups excluding carboxylic acids is 1. The van der Waals surface area contributed by atoms with E-state index in [-0.39, 0.29) is 28.5 Å². The molecule has 2 N–H and O–H groups in total. The fourth-order valence-corrected chi connectivity index (χ4v) is 4.44. The lowest BCUT2D eigenvalue weighted by Crippen LogP contribution is -2.39. The molecule has 2 bridgehead atoms. The molecule has 2 aliphatic rings. The molecule has 6 nitrogen and oxygen atoms in total. The minimum Gasteiger partial charge on any atom is -0.334 e. The Morgan fingerprint density at radius 1 is 1.24 bits per heavy atom. The van der Waals surface area contributed by atoms with Crippen LogP contribution in [0.3, 0.4) is 0 Å². The minimum absolute atomic E-state index is 0.0812. The van der Waals surface area contributed by atoms with Crippen LogP contribution in [0.1, 0.15) is 50.5 Å². The van der Waals surface area contributed by atoms with E-state index in [2.05, 4.69) is 30.7 Å². The predicted octanol–water partition coefficient (Wildman–Crippen LogP) is 1.10. The first-order chi connectivity index (χ1) is 9.67. The smallest absolute Gasteiger partial charge is 0.326 e. The van der Waals surface area contributed by atoms with E-state index < -0.39 is 11.2 Å². The van der Waals surface area contributed by atoms with Crippen molar-refractivity contribution in [2.45, 2.75) is 46.1 Å². The highest BCUT2D eigenvalue weighted by Gasteiger charge is 2.51. The number of nitrogens with one attached hydrogen (secondary N) is 2. The zero-order valence-electron chi connectivity index (χ0n) is 12.7. The molecule has 0 radical (unpaired) electrons. The number of H-pyrrole nitrogens is 2. The summed E-state index contributed by atoms with van der Waals surface area (Å²) in [5.41, 5.74) is -0.759. The lowest BCUT2D eigenvalue weighted by molar-refractivity contribution is 0.0701. The molecule has 0 unspecified atom stereocenters. The third kappa shape index (κ3) is 2.54. The van der Waals surface area contributed by atoms with Crippen LogP contribution in [0.5, 0.6) is 0 Å². The molecule has 1 aromatic rings. The van der Waals surface area contributed by atoms with Crippen LogP contribution in [-0.4, -0.2) is 33.4 Å². The van der Waals surface area contributed by atoms with Gasteiger partial charge >= 0.3 is 5.69 Å². The Labute approximate surface area is 122 Å². The molecule has 1 saturated carbocycles. The van der Waals surface area contributed by atoms with E-state index in [0.29, 0.717) is 6.54 Å². The summed E-state index contributed by atoms with van der Waals surface area (Å²) in [5, 5.41) is 0. The van der Waals surface area contributed by atoms with Crippen LogP contribution in [0, 0.1) is 10.8 Å². The van der Waals surface area contributed by atoms with E-state index >= 15 is 0 Å². The first kappa shape index (κ1) is 14.1. The number of hydrogen-bond donors (Lipinski definition) is 2. The third-order valence-electron chi connectivity index (χ3n) is 4.67. The van der Waals surface area contributed by atoms with Gasteiger partial charge in [0.2, 0.25) is 0 Å². The number of amides is 1. The van der Waals surface area contributed by atoms with Gasteiger partial charge in [0.15, 0.2) is 0 Å². The molecule has 21 heavy (non-hydrogen) atoms. The molecule has 1 amide bonds. The number of fused-ring (bicyclic) bond motifs is 2. The molecule has 1 aromatic heterocycles. The van der Waals surface area contributed by atoms with Gasteiger partial charge < -0.3 is 9.88 Å². The summed E-state index contributed by atoms with van der Waals surface area (Å²) >= 11 is 0. The maximum absolute atomic E-state index is 12.7. The molecule has 0 spiro atoms. The Hall–Kier alpha value is -1.85. The summed E-state index contributed by atoms with van der Waals surface area (Å²) in [5.74, 6) is -0.246. The van der Waals surface area contributed by atoms with Crippen molar-refractivity contribution in [3.8, 4) is 0 Å². The Morgan fingerprint density at radius 3 is 2.62 bits per heavy atom. The molecule has 1 aliphatic heterocycles. The predicted molar refractivity (Wildman–Crippen MR) is 78.2 cm³/mol. The van der Waals surface area contributed by atoms with Crippen LogP contribution >= 0.6 is 0 Å². The fourth-order valence-electron chi connectivity index (χ4n) is 4.44. The summed E-state index contributed by atoms with van der Waals surface area (Å²) in [7, 11) is 0. The van der Waals surface area contributed by atoms with E-state index in [1.165, 1.54) is 6.07 Å². The molecule has 0 aromatic carbocycles. The van der Waals surface area contributed by atoms with Crippen molar-refractivity contribution in [1.82, 2.24) is 14.9 Å². The molecule has 6 heteroatoms. The van der Waals surface area contributed by atoms with Gasteiger partial charge in [0, 0.05) is 18.7 Å². The molecule has 1 aliphatic carbocycles. The zero-order valence-corrected chi connectivity index (χ0v) is 12.7. The van der Waals surface area contributed by atoms with Crippen molar-refractivity contribution < 1.29 is 4.79 Å². The maximum atomic E-state index is 12.7. The summed E-state index contributed by atoms with van der Waals surface area (Å²) in [4.78, 5) is 41.7. The van der Waals surface area contributed by atoms with Gasteiger partial charge in [0.25, 0.3) is 11.5 Å². The number of hydrogen-bond acceptors (Lipinski definition) is 3.